The van der Waals surface area contributed by atoms with Gasteiger partial charge in [0.15, 0.2) is 0 Å². The van der Waals surface area contributed by atoms with Crippen LogP contribution in [-0.4, -0.2) is 37.1 Å². The number of hydrogen-bond acceptors (Lipinski definition) is 2. The van der Waals surface area contributed by atoms with E-state index in [2.05, 4.69) is 17.1 Å². The second-order valence-corrected chi connectivity index (χ2v) is 4.53. The Morgan fingerprint density at radius 2 is 2.08 bits per heavy atom. The number of hydrogen-bond donors (Lipinski definition) is 1. The number of rotatable bonds is 5. The molecule has 0 aromatic heterocycles. The van der Waals surface area contributed by atoms with Crippen LogP contribution in [0.25, 0.3) is 0 Å². The van der Waals surface area contributed by atoms with Crippen LogP contribution in [0.3, 0.4) is 0 Å². The molecule has 1 atom stereocenters. The molecule has 2 nitrogen and oxygen atoms in total. The summed E-state index contributed by atoms with van der Waals surface area (Å²) in [5, 5.41) is 3.61. The highest BCUT2D eigenvalue weighted by Gasteiger charge is 2.24. The van der Waals surface area contributed by atoms with E-state index < -0.39 is 0 Å². The molecule has 2 fully saturated rings. The monoisotopic (exact) mass is 182 g/mol. The van der Waals surface area contributed by atoms with Gasteiger partial charge in [-0.3, -0.25) is 4.90 Å². The maximum absolute atomic E-state index is 3.61. The Labute approximate surface area is 81.7 Å². The van der Waals surface area contributed by atoms with Gasteiger partial charge in [0.05, 0.1) is 0 Å². The summed E-state index contributed by atoms with van der Waals surface area (Å²) in [6.45, 7) is 7.33. The van der Waals surface area contributed by atoms with Crippen LogP contribution in [0, 0.1) is 5.92 Å². The van der Waals surface area contributed by atoms with Crippen molar-refractivity contribution < 1.29 is 0 Å². The van der Waals surface area contributed by atoms with Crippen LogP contribution in [0.15, 0.2) is 0 Å². The Balaban J connectivity index is 1.61. The molecular weight excluding hydrogens is 160 g/mol. The molecule has 1 aliphatic carbocycles. The third-order valence-corrected chi connectivity index (χ3v) is 3.42. The first-order valence-electron chi connectivity index (χ1n) is 5.85. The van der Waals surface area contributed by atoms with Crippen molar-refractivity contribution in [2.75, 3.05) is 26.2 Å². The molecule has 0 spiro atoms. The van der Waals surface area contributed by atoms with E-state index in [1.807, 2.05) is 0 Å². The fourth-order valence-corrected chi connectivity index (χ4v) is 2.32. The molecule has 2 heteroatoms. The summed E-state index contributed by atoms with van der Waals surface area (Å²) in [6.07, 6.45) is 5.75. The normalized spacial score (nSPS) is 29.8. The Morgan fingerprint density at radius 3 is 2.77 bits per heavy atom. The van der Waals surface area contributed by atoms with E-state index in [9.17, 15) is 0 Å². The van der Waals surface area contributed by atoms with Crippen molar-refractivity contribution in [2.24, 2.45) is 5.92 Å². The average Bonchev–Trinajstić information content (AvgIpc) is 2.84. The molecular formula is C11H22N2. The van der Waals surface area contributed by atoms with Crippen LogP contribution in [0.1, 0.15) is 32.6 Å². The number of likely N-dealkylation sites (N-methyl/N-ethyl adjacent to an activating group) is 1. The zero-order chi connectivity index (χ0) is 9.10. The van der Waals surface area contributed by atoms with Gasteiger partial charge in [-0.05, 0) is 51.2 Å². The molecule has 1 saturated heterocycles. The Hall–Kier alpha value is -0.0800. The molecule has 0 aromatic rings. The minimum absolute atomic E-state index is 0.837. The van der Waals surface area contributed by atoms with Crippen molar-refractivity contribution in [1.29, 1.82) is 0 Å². The lowest BCUT2D eigenvalue weighted by molar-refractivity contribution is 0.259. The largest absolute Gasteiger partial charge is 0.315 e. The first-order valence-corrected chi connectivity index (χ1v) is 5.85. The summed E-state index contributed by atoms with van der Waals surface area (Å²) < 4.78 is 0. The van der Waals surface area contributed by atoms with Crippen LogP contribution in [-0.2, 0) is 0 Å². The van der Waals surface area contributed by atoms with Crippen LogP contribution in [0.2, 0.25) is 0 Å². The van der Waals surface area contributed by atoms with Gasteiger partial charge in [-0.1, -0.05) is 6.92 Å². The van der Waals surface area contributed by atoms with Gasteiger partial charge < -0.3 is 5.32 Å². The minimum atomic E-state index is 0.837. The van der Waals surface area contributed by atoms with E-state index >= 15 is 0 Å². The van der Waals surface area contributed by atoms with E-state index in [-0.39, 0.29) is 0 Å². The van der Waals surface area contributed by atoms with Gasteiger partial charge in [0.1, 0.15) is 0 Å². The molecule has 0 amide bonds. The van der Waals surface area contributed by atoms with Gasteiger partial charge in [-0.2, -0.15) is 0 Å². The van der Waals surface area contributed by atoms with Crippen molar-refractivity contribution >= 4 is 0 Å². The second kappa shape index (κ2) is 4.43. The van der Waals surface area contributed by atoms with Crippen LogP contribution in [0.5, 0.6) is 0 Å². The summed E-state index contributed by atoms with van der Waals surface area (Å²) in [7, 11) is 0. The summed E-state index contributed by atoms with van der Waals surface area (Å²) in [5.41, 5.74) is 0. The topological polar surface area (TPSA) is 15.3 Å². The Kier molecular flexibility index (Phi) is 3.23. The molecule has 1 aliphatic heterocycles. The van der Waals surface area contributed by atoms with Gasteiger partial charge in [0.25, 0.3) is 0 Å². The molecule has 2 rings (SSSR count). The van der Waals surface area contributed by atoms with Crippen molar-refractivity contribution in [3.8, 4) is 0 Å². The van der Waals surface area contributed by atoms with E-state index in [0.717, 1.165) is 12.0 Å². The van der Waals surface area contributed by atoms with E-state index in [0.29, 0.717) is 0 Å². The summed E-state index contributed by atoms with van der Waals surface area (Å²) in [4.78, 5) is 2.61. The SMILES string of the molecule is CCN1CCCC1CNCC1CC1. The fourth-order valence-electron chi connectivity index (χ4n) is 2.32. The maximum atomic E-state index is 3.61. The summed E-state index contributed by atoms with van der Waals surface area (Å²) >= 11 is 0. The third kappa shape index (κ3) is 2.68. The summed E-state index contributed by atoms with van der Waals surface area (Å²) in [5.74, 6) is 1.02. The van der Waals surface area contributed by atoms with Crippen LogP contribution >= 0.6 is 0 Å². The lowest BCUT2D eigenvalue weighted by Crippen LogP contribution is -2.38. The van der Waals surface area contributed by atoms with Crippen LogP contribution in [0.4, 0.5) is 0 Å². The number of likely N-dealkylation sites (tertiary alicyclic amines) is 1. The molecule has 1 unspecified atom stereocenters. The molecule has 76 valence electrons. The van der Waals surface area contributed by atoms with E-state index in [4.69, 9.17) is 0 Å². The zero-order valence-corrected chi connectivity index (χ0v) is 8.76. The van der Waals surface area contributed by atoms with E-state index in [1.54, 1.807) is 0 Å². The lowest BCUT2D eigenvalue weighted by Gasteiger charge is -2.22. The van der Waals surface area contributed by atoms with E-state index in [1.165, 1.54) is 51.9 Å². The third-order valence-electron chi connectivity index (χ3n) is 3.42. The lowest BCUT2D eigenvalue weighted by atomic mass is 10.2. The highest BCUT2D eigenvalue weighted by Crippen LogP contribution is 2.27. The van der Waals surface area contributed by atoms with Crippen LogP contribution < -0.4 is 5.32 Å². The predicted octanol–water partition coefficient (Wildman–Crippen LogP) is 1.47. The van der Waals surface area contributed by atoms with Gasteiger partial charge in [-0.15, -0.1) is 0 Å². The molecule has 1 N–H and O–H groups in total. The zero-order valence-electron chi connectivity index (χ0n) is 8.76. The molecule has 0 aromatic carbocycles. The molecule has 1 saturated carbocycles. The number of nitrogens with one attached hydrogen (secondary N) is 1. The van der Waals surface area contributed by atoms with Crippen molar-refractivity contribution in [3.63, 3.8) is 0 Å². The quantitative estimate of drug-likeness (QED) is 0.692. The molecule has 0 bridgehead atoms. The fraction of sp³-hybridized carbons (Fsp3) is 1.00. The highest BCUT2D eigenvalue weighted by molar-refractivity contribution is 4.82. The van der Waals surface area contributed by atoms with Gasteiger partial charge >= 0.3 is 0 Å². The van der Waals surface area contributed by atoms with Crippen molar-refractivity contribution in [1.82, 2.24) is 10.2 Å². The maximum Gasteiger partial charge on any atom is 0.0220 e. The average molecular weight is 182 g/mol. The van der Waals surface area contributed by atoms with Gasteiger partial charge in [0, 0.05) is 12.6 Å². The van der Waals surface area contributed by atoms with Crippen molar-refractivity contribution in [2.45, 2.75) is 38.6 Å². The van der Waals surface area contributed by atoms with Gasteiger partial charge in [-0.25, -0.2) is 0 Å². The van der Waals surface area contributed by atoms with Crippen molar-refractivity contribution in [3.05, 3.63) is 0 Å². The first-order chi connectivity index (χ1) is 6.40. The molecule has 13 heavy (non-hydrogen) atoms. The van der Waals surface area contributed by atoms with Gasteiger partial charge in [0.2, 0.25) is 0 Å². The smallest absolute Gasteiger partial charge is 0.0220 e. The summed E-state index contributed by atoms with van der Waals surface area (Å²) in [6, 6.07) is 0.837. The standard InChI is InChI=1S/C11H22N2/c1-2-13-7-3-4-11(13)9-12-8-10-5-6-10/h10-12H,2-9H2,1H3. The number of nitrogens with zero attached hydrogens (tertiary/aromatic N) is 1. The highest BCUT2D eigenvalue weighted by atomic mass is 15.2. The first kappa shape index (κ1) is 9.47. The second-order valence-electron chi connectivity index (χ2n) is 4.53. The molecule has 1 heterocycles. The molecule has 0 radical (unpaired) electrons. The minimum Gasteiger partial charge on any atom is -0.315 e. The Morgan fingerprint density at radius 1 is 1.23 bits per heavy atom. The molecule has 2 aliphatic rings. The Bertz CT molecular complexity index is 154. The predicted molar refractivity (Wildman–Crippen MR) is 55.9 cm³/mol.